The average molecular weight is 318 g/mol. The molecule has 0 aliphatic carbocycles. The highest BCUT2D eigenvalue weighted by molar-refractivity contribution is 5.94. The number of fused-ring (bicyclic) bond motifs is 2. The topological polar surface area (TPSA) is 59.1 Å². The largest absolute Gasteiger partial charge is 0.490 e. The van der Waals surface area contributed by atoms with Crippen LogP contribution >= 0.6 is 0 Å². The SMILES string of the molecule is CC(=O)N1CCOc2cc3c(cc21)CN(C(=O)OC(C)(C)C)C3. The second kappa shape index (κ2) is 5.44. The lowest BCUT2D eigenvalue weighted by atomic mass is 10.1. The first-order chi connectivity index (χ1) is 10.7. The van der Waals surface area contributed by atoms with Gasteiger partial charge in [-0.15, -0.1) is 0 Å². The zero-order valence-electron chi connectivity index (χ0n) is 14.0. The first-order valence-electron chi connectivity index (χ1n) is 7.79. The third-order valence-electron chi connectivity index (χ3n) is 3.90. The van der Waals surface area contributed by atoms with Crippen LogP contribution in [-0.4, -0.2) is 35.7 Å². The van der Waals surface area contributed by atoms with Crippen molar-refractivity contribution in [3.8, 4) is 5.75 Å². The van der Waals surface area contributed by atoms with Crippen LogP contribution < -0.4 is 9.64 Å². The van der Waals surface area contributed by atoms with Crippen LogP contribution in [0.1, 0.15) is 38.8 Å². The summed E-state index contributed by atoms with van der Waals surface area (Å²) in [6, 6.07) is 3.89. The van der Waals surface area contributed by atoms with Gasteiger partial charge in [0.15, 0.2) is 0 Å². The summed E-state index contributed by atoms with van der Waals surface area (Å²) in [5.74, 6) is 0.702. The second-order valence-corrected chi connectivity index (χ2v) is 6.94. The monoisotopic (exact) mass is 318 g/mol. The van der Waals surface area contributed by atoms with Crippen molar-refractivity contribution in [1.82, 2.24) is 4.90 Å². The minimum absolute atomic E-state index is 0.00325. The van der Waals surface area contributed by atoms with Gasteiger partial charge in [0.1, 0.15) is 18.0 Å². The summed E-state index contributed by atoms with van der Waals surface area (Å²) >= 11 is 0. The molecule has 2 heterocycles. The van der Waals surface area contributed by atoms with Gasteiger partial charge in [-0.25, -0.2) is 4.79 Å². The van der Waals surface area contributed by atoms with Crippen molar-refractivity contribution >= 4 is 17.7 Å². The number of carbonyl (C=O) groups excluding carboxylic acids is 2. The maximum absolute atomic E-state index is 12.2. The molecular formula is C17H22N2O4. The van der Waals surface area contributed by atoms with Crippen molar-refractivity contribution in [3.63, 3.8) is 0 Å². The Morgan fingerprint density at radius 1 is 1.17 bits per heavy atom. The van der Waals surface area contributed by atoms with E-state index in [2.05, 4.69) is 0 Å². The number of nitrogens with zero attached hydrogens (tertiary/aromatic N) is 2. The van der Waals surface area contributed by atoms with Crippen molar-refractivity contribution < 1.29 is 19.1 Å². The van der Waals surface area contributed by atoms with E-state index in [0.29, 0.717) is 32.0 Å². The highest BCUT2D eigenvalue weighted by atomic mass is 16.6. The van der Waals surface area contributed by atoms with E-state index in [4.69, 9.17) is 9.47 Å². The summed E-state index contributed by atoms with van der Waals surface area (Å²) in [7, 11) is 0. The lowest BCUT2D eigenvalue weighted by Crippen LogP contribution is -2.36. The zero-order chi connectivity index (χ0) is 16.8. The predicted octanol–water partition coefficient (Wildman–Crippen LogP) is 2.68. The van der Waals surface area contributed by atoms with Crippen molar-refractivity contribution in [1.29, 1.82) is 0 Å². The molecule has 2 aliphatic rings. The van der Waals surface area contributed by atoms with Gasteiger partial charge in [-0.05, 0) is 44.0 Å². The molecule has 0 bridgehead atoms. The van der Waals surface area contributed by atoms with Crippen LogP contribution in [0.25, 0.3) is 0 Å². The summed E-state index contributed by atoms with van der Waals surface area (Å²) in [5.41, 5.74) is 2.35. The molecule has 1 aromatic carbocycles. The van der Waals surface area contributed by atoms with Crippen LogP contribution in [-0.2, 0) is 22.6 Å². The van der Waals surface area contributed by atoms with E-state index in [0.717, 1.165) is 16.8 Å². The Hall–Kier alpha value is -2.24. The molecule has 0 N–H and O–H groups in total. The number of hydrogen-bond donors (Lipinski definition) is 0. The summed E-state index contributed by atoms with van der Waals surface area (Å²) in [6.45, 7) is 9.14. The van der Waals surface area contributed by atoms with E-state index in [1.165, 1.54) is 0 Å². The van der Waals surface area contributed by atoms with Gasteiger partial charge in [0.2, 0.25) is 5.91 Å². The number of benzene rings is 1. The maximum atomic E-state index is 12.2. The number of rotatable bonds is 0. The normalized spacial score (nSPS) is 16.5. The summed E-state index contributed by atoms with van der Waals surface area (Å²) in [5, 5.41) is 0. The molecule has 124 valence electrons. The zero-order valence-corrected chi connectivity index (χ0v) is 14.0. The van der Waals surface area contributed by atoms with Crippen molar-refractivity contribution in [3.05, 3.63) is 23.3 Å². The number of amides is 2. The predicted molar refractivity (Wildman–Crippen MR) is 85.4 cm³/mol. The van der Waals surface area contributed by atoms with Crippen molar-refractivity contribution in [2.24, 2.45) is 0 Å². The van der Waals surface area contributed by atoms with Gasteiger partial charge < -0.3 is 14.4 Å². The minimum atomic E-state index is -0.514. The lowest BCUT2D eigenvalue weighted by Gasteiger charge is -2.29. The molecule has 0 fully saturated rings. The second-order valence-electron chi connectivity index (χ2n) is 6.94. The molecule has 0 atom stereocenters. The minimum Gasteiger partial charge on any atom is -0.490 e. The number of carbonyl (C=O) groups is 2. The molecule has 0 saturated heterocycles. The molecule has 23 heavy (non-hydrogen) atoms. The highest BCUT2D eigenvalue weighted by Gasteiger charge is 2.31. The molecule has 3 rings (SSSR count). The average Bonchev–Trinajstić information content (AvgIpc) is 2.85. The molecule has 6 heteroatoms. The Kier molecular flexibility index (Phi) is 3.70. The Bertz CT molecular complexity index is 663. The van der Waals surface area contributed by atoms with Crippen LogP contribution in [0.15, 0.2) is 12.1 Å². The molecule has 0 unspecified atom stereocenters. The molecule has 0 aromatic heterocycles. The molecule has 2 aliphatic heterocycles. The van der Waals surface area contributed by atoms with Crippen LogP contribution in [0.4, 0.5) is 10.5 Å². The van der Waals surface area contributed by atoms with Gasteiger partial charge in [-0.1, -0.05) is 0 Å². The molecule has 0 radical (unpaired) electrons. The van der Waals surface area contributed by atoms with E-state index < -0.39 is 5.60 Å². The maximum Gasteiger partial charge on any atom is 0.410 e. The summed E-state index contributed by atoms with van der Waals surface area (Å²) < 4.78 is 11.1. The number of anilines is 1. The Balaban J connectivity index is 1.84. The van der Waals surface area contributed by atoms with Gasteiger partial charge in [0, 0.05) is 20.0 Å². The smallest absolute Gasteiger partial charge is 0.410 e. The third kappa shape index (κ3) is 3.11. The standard InChI is InChI=1S/C17H22N2O4/c1-11(20)19-5-6-22-15-8-13-10-18(9-12(13)7-14(15)19)16(21)23-17(2,3)4/h7-8H,5-6,9-10H2,1-4H3. The molecule has 0 saturated carbocycles. The van der Waals surface area contributed by atoms with Gasteiger partial charge in [0.25, 0.3) is 0 Å². The third-order valence-corrected chi connectivity index (χ3v) is 3.90. The first-order valence-corrected chi connectivity index (χ1v) is 7.79. The molecule has 1 aromatic rings. The fourth-order valence-corrected chi connectivity index (χ4v) is 2.89. The fraction of sp³-hybridized carbons (Fsp3) is 0.529. The fourth-order valence-electron chi connectivity index (χ4n) is 2.89. The van der Waals surface area contributed by atoms with Gasteiger partial charge in [-0.2, -0.15) is 0 Å². The highest BCUT2D eigenvalue weighted by Crippen LogP contribution is 2.38. The van der Waals surface area contributed by atoms with Gasteiger partial charge in [-0.3, -0.25) is 9.69 Å². The lowest BCUT2D eigenvalue weighted by molar-refractivity contribution is -0.116. The van der Waals surface area contributed by atoms with E-state index in [9.17, 15) is 9.59 Å². The quantitative estimate of drug-likeness (QED) is 0.738. The van der Waals surface area contributed by atoms with Gasteiger partial charge >= 0.3 is 6.09 Å². The number of ether oxygens (including phenoxy) is 2. The Labute approximate surface area is 136 Å². The van der Waals surface area contributed by atoms with Crippen LogP contribution in [0.3, 0.4) is 0 Å². The van der Waals surface area contributed by atoms with Crippen LogP contribution in [0, 0.1) is 0 Å². The van der Waals surface area contributed by atoms with Crippen LogP contribution in [0.5, 0.6) is 5.75 Å². The molecular weight excluding hydrogens is 296 g/mol. The van der Waals surface area contributed by atoms with E-state index >= 15 is 0 Å². The summed E-state index contributed by atoms with van der Waals surface area (Å²) in [4.78, 5) is 27.4. The number of hydrogen-bond acceptors (Lipinski definition) is 4. The molecule has 2 amide bonds. The van der Waals surface area contributed by atoms with E-state index in [1.54, 1.807) is 16.7 Å². The van der Waals surface area contributed by atoms with Crippen molar-refractivity contribution in [2.45, 2.75) is 46.4 Å². The first kappa shape index (κ1) is 15.6. The Morgan fingerprint density at radius 2 is 1.83 bits per heavy atom. The van der Waals surface area contributed by atoms with Crippen molar-refractivity contribution in [2.75, 3.05) is 18.1 Å². The van der Waals surface area contributed by atoms with E-state index in [1.807, 2.05) is 32.9 Å². The summed E-state index contributed by atoms with van der Waals surface area (Å²) in [6.07, 6.45) is -0.323. The molecule has 6 nitrogen and oxygen atoms in total. The Morgan fingerprint density at radius 3 is 2.43 bits per heavy atom. The van der Waals surface area contributed by atoms with Crippen LogP contribution in [0.2, 0.25) is 0 Å². The molecule has 0 spiro atoms. The van der Waals surface area contributed by atoms with E-state index in [-0.39, 0.29) is 12.0 Å². The van der Waals surface area contributed by atoms with Gasteiger partial charge in [0.05, 0.1) is 12.2 Å².